The maximum atomic E-state index is 12.2. The third-order valence-electron chi connectivity index (χ3n) is 3.46. The monoisotopic (exact) mass is 350 g/mol. The minimum absolute atomic E-state index is 0.160. The van der Waals surface area contributed by atoms with Crippen molar-refractivity contribution in [2.75, 3.05) is 0 Å². The van der Waals surface area contributed by atoms with Gasteiger partial charge in [0.2, 0.25) is 5.91 Å². The number of benzene rings is 1. The maximum Gasteiger partial charge on any atom is 0.326 e. The molecule has 0 saturated heterocycles. The first-order valence-electron chi connectivity index (χ1n) is 8.54. The number of hydrogen-bond donors (Lipinski definition) is 3. The largest absolute Gasteiger partial charge is 0.488 e. The molecule has 4 N–H and O–H groups in total. The molecular weight excluding hydrogens is 320 g/mol. The molecule has 6 nitrogen and oxygen atoms in total. The lowest BCUT2D eigenvalue weighted by molar-refractivity contribution is -0.142. The Bertz CT molecular complexity index is 576. The molecule has 1 amide bonds. The van der Waals surface area contributed by atoms with Crippen LogP contribution in [0.4, 0.5) is 0 Å². The number of ether oxygens (including phenoxy) is 1. The van der Waals surface area contributed by atoms with Gasteiger partial charge in [-0.2, -0.15) is 0 Å². The zero-order chi connectivity index (χ0) is 19.2. The summed E-state index contributed by atoms with van der Waals surface area (Å²) in [5.41, 5.74) is 6.54. The van der Waals surface area contributed by atoms with Crippen LogP contribution in [-0.4, -0.2) is 34.7 Å². The van der Waals surface area contributed by atoms with Crippen molar-refractivity contribution in [1.82, 2.24) is 5.32 Å². The summed E-state index contributed by atoms with van der Waals surface area (Å²) in [5.74, 6) is -0.592. The first kappa shape index (κ1) is 21.0. The van der Waals surface area contributed by atoms with Crippen molar-refractivity contribution < 1.29 is 19.4 Å². The van der Waals surface area contributed by atoms with E-state index in [4.69, 9.17) is 10.5 Å². The van der Waals surface area contributed by atoms with Gasteiger partial charge in [-0.15, -0.1) is 0 Å². The number of carbonyl (C=O) groups excluding carboxylic acids is 1. The van der Waals surface area contributed by atoms with Crippen molar-refractivity contribution in [3.8, 4) is 5.75 Å². The van der Waals surface area contributed by atoms with Crippen molar-refractivity contribution in [3.63, 3.8) is 0 Å². The summed E-state index contributed by atoms with van der Waals surface area (Å²) in [6, 6.07) is 5.67. The molecule has 0 bridgehead atoms. The fraction of sp³-hybridized carbons (Fsp3) is 0.579. The molecule has 0 aliphatic carbocycles. The number of nitrogens with one attached hydrogen (secondary N) is 1. The van der Waals surface area contributed by atoms with Crippen LogP contribution in [0.5, 0.6) is 5.75 Å². The fourth-order valence-corrected chi connectivity index (χ4v) is 2.37. The summed E-state index contributed by atoms with van der Waals surface area (Å²) in [4.78, 5) is 23.4. The zero-order valence-electron chi connectivity index (χ0n) is 15.7. The molecule has 0 aromatic heterocycles. The number of carboxylic acids is 1. The number of carboxylic acid groups (broad SMARTS) is 1. The predicted molar refractivity (Wildman–Crippen MR) is 97.5 cm³/mol. The quantitative estimate of drug-likeness (QED) is 0.668. The van der Waals surface area contributed by atoms with Gasteiger partial charge in [0.05, 0.1) is 6.04 Å². The zero-order valence-corrected chi connectivity index (χ0v) is 15.7. The molecule has 1 aromatic rings. The molecule has 1 rings (SSSR count). The molecule has 0 radical (unpaired) electrons. The van der Waals surface area contributed by atoms with Gasteiger partial charge in [0, 0.05) is 0 Å². The standard InChI is InChI=1S/C19H30N2O4/c1-12(2)10-16(18(23)24)21-17(22)15(20)11-13-6-8-14(9-7-13)25-19(3,4)5/h6-9,12,15-16H,10-11,20H2,1-5H3,(H,21,22)(H,23,24)/t15-,16-/m0/s1. The van der Waals surface area contributed by atoms with Crippen LogP contribution in [0, 0.1) is 5.92 Å². The minimum atomic E-state index is -1.04. The van der Waals surface area contributed by atoms with E-state index in [0.717, 1.165) is 11.3 Å². The van der Waals surface area contributed by atoms with Gasteiger partial charge in [0.25, 0.3) is 0 Å². The van der Waals surface area contributed by atoms with Crippen LogP contribution in [0.2, 0.25) is 0 Å². The van der Waals surface area contributed by atoms with Crippen molar-refractivity contribution in [3.05, 3.63) is 29.8 Å². The Kier molecular flexibility index (Phi) is 7.42. The Labute approximate surface area is 149 Å². The molecule has 2 atom stereocenters. The average Bonchev–Trinajstić information content (AvgIpc) is 2.46. The van der Waals surface area contributed by atoms with Crippen molar-refractivity contribution in [2.24, 2.45) is 11.7 Å². The van der Waals surface area contributed by atoms with Crippen molar-refractivity contribution in [1.29, 1.82) is 0 Å². The minimum Gasteiger partial charge on any atom is -0.488 e. The molecule has 0 spiro atoms. The summed E-state index contributed by atoms with van der Waals surface area (Å²) in [6.07, 6.45) is 0.697. The van der Waals surface area contributed by atoms with Crippen LogP contribution >= 0.6 is 0 Å². The number of rotatable bonds is 8. The molecule has 0 unspecified atom stereocenters. The van der Waals surface area contributed by atoms with Gasteiger partial charge in [-0.25, -0.2) is 4.79 Å². The van der Waals surface area contributed by atoms with Crippen LogP contribution < -0.4 is 15.8 Å². The highest BCUT2D eigenvalue weighted by Gasteiger charge is 2.24. The lowest BCUT2D eigenvalue weighted by Gasteiger charge is -2.21. The second-order valence-electron chi connectivity index (χ2n) is 7.70. The van der Waals surface area contributed by atoms with E-state index in [1.54, 1.807) is 0 Å². The third-order valence-corrected chi connectivity index (χ3v) is 3.46. The van der Waals surface area contributed by atoms with Crippen LogP contribution in [0.1, 0.15) is 46.6 Å². The van der Waals surface area contributed by atoms with E-state index in [9.17, 15) is 14.7 Å². The number of nitrogens with two attached hydrogens (primary N) is 1. The highest BCUT2D eigenvalue weighted by Crippen LogP contribution is 2.19. The van der Waals surface area contributed by atoms with Gasteiger partial charge in [-0.05, 0) is 57.2 Å². The first-order chi connectivity index (χ1) is 11.5. The molecule has 140 valence electrons. The summed E-state index contributed by atoms with van der Waals surface area (Å²) in [5, 5.41) is 11.7. The SMILES string of the molecule is CC(C)C[C@H](NC(=O)[C@@H](N)Cc1ccc(OC(C)(C)C)cc1)C(=O)O. The average molecular weight is 350 g/mol. The highest BCUT2D eigenvalue weighted by atomic mass is 16.5. The molecule has 25 heavy (non-hydrogen) atoms. The van der Waals surface area contributed by atoms with Gasteiger partial charge >= 0.3 is 5.97 Å². The summed E-state index contributed by atoms with van der Waals surface area (Å²) < 4.78 is 5.75. The van der Waals surface area contributed by atoms with Gasteiger partial charge < -0.3 is 20.9 Å². The predicted octanol–water partition coefficient (Wildman–Crippen LogP) is 2.35. The van der Waals surface area contributed by atoms with Gasteiger partial charge in [0.15, 0.2) is 0 Å². The summed E-state index contributed by atoms with van der Waals surface area (Å²) in [7, 11) is 0. The van der Waals surface area contributed by atoms with Crippen LogP contribution in [0.3, 0.4) is 0 Å². The van der Waals surface area contributed by atoms with E-state index < -0.39 is 24.0 Å². The van der Waals surface area contributed by atoms with Gasteiger partial charge in [-0.3, -0.25) is 4.79 Å². The molecule has 0 saturated carbocycles. The summed E-state index contributed by atoms with van der Waals surface area (Å²) >= 11 is 0. The van der Waals surface area contributed by atoms with E-state index in [-0.39, 0.29) is 11.5 Å². The van der Waals surface area contributed by atoms with Crippen LogP contribution in [0.25, 0.3) is 0 Å². The highest BCUT2D eigenvalue weighted by molar-refractivity contribution is 5.86. The van der Waals surface area contributed by atoms with E-state index in [1.807, 2.05) is 58.9 Å². The van der Waals surface area contributed by atoms with E-state index in [2.05, 4.69) is 5.32 Å². The maximum absolute atomic E-state index is 12.2. The number of aliphatic carboxylic acids is 1. The normalized spacial score (nSPS) is 14.0. The van der Waals surface area contributed by atoms with Crippen LogP contribution in [-0.2, 0) is 16.0 Å². The second-order valence-corrected chi connectivity index (χ2v) is 7.70. The topological polar surface area (TPSA) is 102 Å². The lowest BCUT2D eigenvalue weighted by atomic mass is 10.0. The Morgan fingerprint density at radius 3 is 2.20 bits per heavy atom. The van der Waals surface area contributed by atoms with Crippen molar-refractivity contribution in [2.45, 2.75) is 65.1 Å². The summed E-state index contributed by atoms with van der Waals surface area (Å²) in [6.45, 7) is 9.72. The molecule has 0 aliphatic rings. The van der Waals surface area contributed by atoms with E-state index in [0.29, 0.717) is 12.8 Å². The second kappa shape index (κ2) is 8.85. The first-order valence-corrected chi connectivity index (χ1v) is 8.54. The Balaban J connectivity index is 2.63. The van der Waals surface area contributed by atoms with E-state index in [1.165, 1.54) is 0 Å². The lowest BCUT2D eigenvalue weighted by Crippen LogP contribution is -2.49. The third kappa shape index (κ3) is 8.03. The Hall–Kier alpha value is -2.08. The van der Waals surface area contributed by atoms with Crippen molar-refractivity contribution >= 4 is 11.9 Å². The Morgan fingerprint density at radius 1 is 1.20 bits per heavy atom. The molecule has 0 aliphatic heterocycles. The van der Waals surface area contributed by atoms with Gasteiger partial charge in [-0.1, -0.05) is 26.0 Å². The smallest absolute Gasteiger partial charge is 0.326 e. The van der Waals surface area contributed by atoms with Gasteiger partial charge in [0.1, 0.15) is 17.4 Å². The number of hydrogen-bond acceptors (Lipinski definition) is 4. The Morgan fingerprint density at radius 2 is 1.76 bits per heavy atom. The molecule has 1 aromatic carbocycles. The number of carbonyl (C=O) groups is 2. The number of amides is 1. The van der Waals surface area contributed by atoms with Crippen LogP contribution in [0.15, 0.2) is 24.3 Å². The van der Waals surface area contributed by atoms with E-state index >= 15 is 0 Å². The molecule has 0 heterocycles. The fourth-order valence-electron chi connectivity index (χ4n) is 2.37. The molecule has 0 fully saturated rings. The molecule has 6 heteroatoms. The molecular formula is C19H30N2O4.